The van der Waals surface area contributed by atoms with Gasteiger partial charge in [-0.15, -0.1) is 0 Å². The summed E-state index contributed by atoms with van der Waals surface area (Å²) in [5.41, 5.74) is -0.677. The van der Waals surface area contributed by atoms with E-state index in [0.29, 0.717) is 32.2 Å². The normalized spacial score (nSPS) is 34.4. The fourth-order valence-electron chi connectivity index (χ4n) is 3.82. The summed E-state index contributed by atoms with van der Waals surface area (Å²) < 4.78 is 0. The molecule has 3 aliphatic carbocycles. The largest absolute Gasteiger partial charge is 0.481 e. The van der Waals surface area contributed by atoms with Gasteiger partial charge in [0.25, 0.3) is 0 Å². The molecular formula is C16H27NO3. The molecule has 0 atom stereocenters. The second kappa shape index (κ2) is 5.64. The van der Waals surface area contributed by atoms with Crippen LogP contribution in [0, 0.1) is 23.7 Å². The molecule has 0 heterocycles. The maximum atomic E-state index is 10.9. The van der Waals surface area contributed by atoms with Crippen molar-refractivity contribution in [3.8, 4) is 0 Å². The average Bonchev–Trinajstić information content (AvgIpc) is 3.28. The van der Waals surface area contributed by atoms with Gasteiger partial charge in [-0.2, -0.15) is 0 Å². The first kappa shape index (κ1) is 14.3. The molecule has 0 amide bonds. The first-order valence-electron chi connectivity index (χ1n) is 8.23. The van der Waals surface area contributed by atoms with Crippen molar-refractivity contribution >= 4 is 5.97 Å². The number of carbonyl (C=O) groups is 1. The highest BCUT2D eigenvalue weighted by Gasteiger charge is 2.41. The van der Waals surface area contributed by atoms with Gasteiger partial charge in [0.2, 0.25) is 0 Å². The molecule has 0 bridgehead atoms. The molecule has 20 heavy (non-hydrogen) atoms. The fraction of sp³-hybridized carbons (Fsp3) is 0.938. The van der Waals surface area contributed by atoms with E-state index in [4.69, 9.17) is 5.11 Å². The molecule has 4 nitrogen and oxygen atoms in total. The second-order valence-electron chi connectivity index (χ2n) is 7.31. The molecule has 114 valence electrons. The zero-order chi connectivity index (χ0) is 14.2. The van der Waals surface area contributed by atoms with Crippen LogP contribution in [-0.4, -0.2) is 34.9 Å². The van der Waals surface area contributed by atoms with Gasteiger partial charge in [-0.3, -0.25) is 4.79 Å². The van der Waals surface area contributed by atoms with E-state index >= 15 is 0 Å². The zero-order valence-corrected chi connectivity index (χ0v) is 12.2. The van der Waals surface area contributed by atoms with Gasteiger partial charge in [-0.1, -0.05) is 0 Å². The molecule has 0 aromatic carbocycles. The van der Waals surface area contributed by atoms with Crippen LogP contribution < -0.4 is 5.32 Å². The number of aliphatic hydroxyl groups is 1. The summed E-state index contributed by atoms with van der Waals surface area (Å²) in [5.74, 6) is 1.75. The number of nitrogens with one attached hydrogen (secondary N) is 1. The third-order valence-electron chi connectivity index (χ3n) is 5.55. The summed E-state index contributed by atoms with van der Waals surface area (Å²) in [6, 6.07) is 0. The summed E-state index contributed by atoms with van der Waals surface area (Å²) in [7, 11) is 0. The van der Waals surface area contributed by atoms with Crippen LogP contribution >= 0.6 is 0 Å². The highest BCUT2D eigenvalue weighted by atomic mass is 16.4. The number of rotatable bonds is 7. The lowest BCUT2D eigenvalue weighted by Crippen LogP contribution is -2.45. The van der Waals surface area contributed by atoms with E-state index in [0.717, 1.165) is 24.3 Å². The molecule has 3 N–H and O–H groups in total. The molecule has 3 aliphatic rings. The molecule has 0 unspecified atom stereocenters. The lowest BCUT2D eigenvalue weighted by atomic mass is 9.78. The van der Waals surface area contributed by atoms with Gasteiger partial charge in [-0.05, 0) is 75.7 Å². The van der Waals surface area contributed by atoms with Crippen LogP contribution in [-0.2, 0) is 4.79 Å². The minimum absolute atomic E-state index is 0.249. The third-order valence-corrected chi connectivity index (χ3v) is 5.55. The molecule has 3 rings (SSSR count). The van der Waals surface area contributed by atoms with E-state index in [1.54, 1.807) is 0 Å². The minimum Gasteiger partial charge on any atom is -0.481 e. The Kier molecular flexibility index (Phi) is 4.04. The van der Waals surface area contributed by atoms with E-state index in [2.05, 4.69) is 5.32 Å². The van der Waals surface area contributed by atoms with E-state index < -0.39 is 11.6 Å². The number of carboxylic acid groups (broad SMARTS) is 1. The molecule has 4 heteroatoms. The Morgan fingerprint density at radius 1 is 1.10 bits per heavy atom. The van der Waals surface area contributed by atoms with Crippen molar-refractivity contribution in [3.05, 3.63) is 0 Å². The minimum atomic E-state index is -0.706. The van der Waals surface area contributed by atoms with Crippen molar-refractivity contribution in [2.24, 2.45) is 23.7 Å². The summed E-state index contributed by atoms with van der Waals surface area (Å²) in [4.78, 5) is 10.9. The van der Waals surface area contributed by atoms with Gasteiger partial charge >= 0.3 is 5.97 Å². The molecule has 0 aromatic rings. The zero-order valence-electron chi connectivity index (χ0n) is 12.2. The standard InChI is InChI=1S/C16H27NO3/c18-15(19)13-5-7-16(20,8-6-13)10-17-9-14(11-1-2-11)12-3-4-12/h11-14,17,20H,1-10H2,(H,18,19). The number of hydrogen-bond acceptors (Lipinski definition) is 3. The molecule has 0 radical (unpaired) electrons. The van der Waals surface area contributed by atoms with E-state index in [-0.39, 0.29) is 5.92 Å². The first-order valence-corrected chi connectivity index (χ1v) is 8.23. The quantitative estimate of drug-likeness (QED) is 0.668. The van der Waals surface area contributed by atoms with Crippen molar-refractivity contribution in [2.45, 2.75) is 57.0 Å². The number of aliphatic carboxylic acids is 1. The van der Waals surface area contributed by atoms with Crippen LogP contribution in [0.4, 0.5) is 0 Å². The van der Waals surface area contributed by atoms with Crippen LogP contribution in [0.1, 0.15) is 51.4 Å². The Morgan fingerprint density at radius 2 is 1.65 bits per heavy atom. The predicted octanol–water partition coefficient (Wildman–Crippen LogP) is 2.02. The first-order chi connectivity index (χ1) is 9.57. The molecular weight excluding hydrogens is 254 g/mol. The maximum Gasteiger partial charge on any atom is 0.306 e. The van der Waals surface area contributed by atoms with Crippen LogP contribution in [0.25, 0.3) is 0 Å². The van der Waals surface area contributed by atoms with Gasteiger partial charge in [0.15, 0.2) is 0 Å². The molecule has 3 saturated carbocycles. The van der Waals surface area contributed by atoms with Crippen LogP contribution in [0.3, 0.4) is 0 Å². The van der Waals surface area contributed by atoms with E-state index in [9.17, 15) is 9.90 Å². The van der Waals surface area contributed by atoms with Crippen molar-refractivity contribution in [1.29, 1.82) is 0 Å². The SMILES string of the molecule is O=C(O)C1CCC(O)(CNCC(C2CC2)C2CC2)CC1. The Hall–Kier alpha value is -0.610. The maximum absolute atomic E-state index is 10.9. The summed E-state index contributed by atoms with van der Waals surface area (Å²) in [5, 5.41) is 23.0. The van der Waals surface area contributed by atoms with E-state index in [1.165, 1.54) is 25.7 Å². The highest BCUT2D eigenvalue weighted by molar-refractivity contribution is 5.70. The predicted molar refractivity (Wildman–Crippen MR) is 76.4 cm³/mol. The molecule has 3 fully saturated rings. The van der Waals surface area contributed by atoms with Crippen molar-refractivity contribution in [1.82, 2.24) is 5.32 Å². The highest BCUT2D eigenvalue weighted by Crippen LogP contribution is 2.48. The monoisotopic (exact) mass is 281 g/mol. The Balaban J connectivity index is 1.40. The molecule has 0 saturated heterocycles. The van der Waals surface area contributed by atoms with Gasteiger partial charge in [0.05, 0.1) is 11.5 Å². The number of carboxylic acids is 1. The smallest absolute Gasteiger partial charge is 0.306 e. The van der Waals surface area contributed by atoms with Crippen LogP contribution in [0.5, 0.6) is 0 Å². The van der Waals surface area contributed by atoms with Crippen molar-refractivity contribution in [3.63, 3.8) is 0 Å². The van der Waals surface area contributed by atoms with Crippen molar-refractivity contribution < 1.29 is 15.0 Å². The number of hydrogen-bond donors (Lipinski definition) is 3. The topological polar surface area (TPSA) is 69.6 Å². The summed E-state index contributed by atoms with van der Waals surface area (Å²) >= 11 is 0. The molecule has 0 aliphatic heterocycles. The van der Waals surface area contributed by atoms with Gasteiger partial charge in [-0.25, -0.2) is 0 Å². The second-order valence-corrected chi connectivity index (χ2v) is 7.31. The lowest BCUT2D eigenvalue weighted by molar-refractivity contribution is -0.144. The van der Waals surface area contributed by atoms with Crippen LogP contribution in [0.2, 0.25) is 0 Å². The Bertz CT molecular complexity index is 343. The lowest BCUT2D eigenvalue weighted by Gasteiger charge is -2.35. The fourth-order valence-corrected chi connectivity index (χ4v) is 3.82. The third kappa shape index (κ3) is 3.53. The molecule has 0 aromatic heterocycles. The Labute approximate surface area is 120 Å². The van der Waals surface area contributed by atoms with E-state index in [1.807, 2.05) is 0 Å². The van der Waals surface area contributed by atoms with Gasteiger partial charge in [0.1, 0.15) is 0 Å². The Morgan fingerprint density at radius 3 is 2.10 bits per heavy atom. The van der Waals surface area contributed by atoms with Gasteiger partial charge in [0, 0.05) is 6.54 Å². The average molecular weight is 281 g/mol. The summed E-state index contributed by atoms with van der Waals surface area (Å²) in [6.45, 7) is 1.68. The van der Waals surface area contributed by atoms with Gasteiger partial charge < -0.3 is 15.5 Å². The van der Waals surface area contributed by atoms with Crippen LogP contribution in [0.15, 0.2) is 0 Å². The molecule has 0 spiro atoms. The van der Waals surface area contributed by atoms with Crippen molar-refractivity contribution in [2.75, 3.05) is 13.1 Å². The summed E-state index contributed by atoms with van der Waals surface area (Å²) in [6.07, 6.45) is 8.05.